The molecular weight excluding hydrogens is 562 g/mol. The molecule has 0 bridgehead atoms. The lowest BCUT2D eigenvalue weighted by Gasteiger charge is -2.40. The summed E-state index contributed by atoms with van der Waals surface area (Å²) in [4.78, 5) is 40.8. The highest BCUT2D eigenvalue weighted by Gasteiger charge is 2.38. The minimum atomic E-state index is -3.74. The summed E-state index contributed by atoms with van der Waals surface area (Å²) in [6, 6.07) is 5.14. The van der Waals surface area contributed by atoms with Crippen LogP contribution in [0.5, 0.6) is 0 Å². The summed E-state index contributed by atoms with van der Waals surface area (Å²) in [5.74, 6) is -1.12. The number of likely N-dealkylation sites (N-methyl/N-ethyl adjacent to an activating group) is 1. The molecule has 0 atom stereocenters. The van der Waals surface area contributed by atoms with E-state index in [1.54, 1.807) is 4.31 Å². The summed E-state index contributed by atoms with van der Waals surface area (Å²) >= 11 is 1.30. The highest BCUT2D eigenvalue weighted by molar-refractivity contribution is 7.89. The molecule has 3 aliphatic rings. The van der Waals surface area contributed by atoms with Crippen LogP contribution in [0.3, 0.4) is 0 Å². The number of sulfonamides is 1. The zero-order valence-electron chi connectivity index (χ0n) is 23.5. The van der Waals surface area contributed by atoms with Gasteiger partial charge in [0.15, 0.2) is 0 Å². The van der Waals surface area contributed by atoms with E-state index in [1.807, 2.05) is 7.05 Å². The van der Waals surface area contributed by atoms with Crippen molar-refractivity contribution in [3.63, 3.8) is 0 Å². The third-order valence-electron chi connectivity index (χ3n) is 8.50. The van der Waals surface area contributed by atoms with Crippen LogP contribution in [0.1, 0.15) is 95.4 Å². The van der Waals surface area contributed by atoms with Gasteiger partial charge in [0.2, 0.25) is 10.0 Å². The van der Waals surface area contributed by atoms with E-state index in [4.69, 9.17) is 5.73 Å². The third kappa shape index (κ3) is 6.50. The monoisotopic (exact) mass is 601 g/mol. The van der Waals surface area contributed by atoms with Gasteiger partial charge in [0, 0.05) is 35.6 Å². The molecule has 0 radical (unpaired) electrons. The second kappa shape index (κ2) is 12.6. The number of primary amides is 1. The molecule has 4 amide bonds. The maximum atomic E-state index is 14.0. The quantitative estimate of drug-likeness (QED) is 0.428. The summed E-state index contributed by atoms with van der Waals surface area (Å²) in [5, 5.41) is 5.28. The maximum Gasteiger partial charge on any atom is 0.319 e. The van der Waals surface area contributed by atoms with E-state index in [9.17, 15) is 22.8 Å². The van der Waals surface area contributed by atoms with Crippen molar-refractivity contribution in [2.45, 2.75) is 94.2 Å². The minimum absolute atomic E-state index is 0.0219. The molecule has 2 heterocycles. The Labute approximate surface area is 245 Å². The van der Waals surface area contributed by atoms with Gasteiger partial charge >= 0.3 is 6.03 Å². The van der Waals surface area contributed by atoms with Crippen LogP contribution >= 0.6 is 11.3 Å². The Bertz CT molecular complexity index is 1380. The summed E-state index contributed by atoms with van der Waals surface area (Å²) in [6.45, 7) is 1.36. The predicted molar refractivity (Wildman–Crippen MR) is 159 cm³/mol. The number of anilines is 1. The molecule has 2 aliphatic carbocycles. The number of carbonyl (C=O) groups is 3. The predicted octanol–water partition coefficient (Wildman–Crippen LogP) is 4.45. The minimum Gasteiger partial charge on any atom is -0.351 e. The van der Waals surface area contributed by atoms with Gasteiger partial charge in [-0.05, 0) is 69.0 Å². The average Bonchev–Trinajstić information content (AvgIpc) is 3.30. The molecule has 0 saturated heterocycles. The Balaban J connectivity index is 1.38. The number of benzene rings is 1. The van der Waals surface area contributed by atoms with Gasteiger partial charge in [0.25, 0.3) is 11.8 Å². The molecule has 222 valence electrons. The highest BCUT2D eigenvalue weighted by atomic mass is 32.2. The first-order chi connectivity index (χ1) is 19.6. The topological polar surface area (TPSA) is 142 Å². The number of rotatable bonds is 7. The summed E-state index contributed by atoms with van der Waals surface area (Å²) in [5.41, 5.74) is 6.51. The molecule has 5 rings (SSSR count). The molecule has 1 aromatic heterocycles. The molecule has 2 fully saturated rings. The Morgan fingerprint density at radius 3 is 2.07 bits per heavy atom. The molecule has 12 heteroatoms. The number of nitrogens with two attached hydrogens (primary N) is 1. The van der Waals surface area contributed by atoms with Crippen molar-refractivity contribution in [3.8, 4) is 0 Å². The van der Waals surface area contributed by atoms with Crippen molar-refractivity contribution >= 4 is 44.2 Å². The van der Waals surface area contributed by atoms with E-state index < -0.39 is 27.9 Å². The number of hydrogen-bond acceptors (Lipinski definition) is 7. The van der Waals surface area contributed by atoms with Crippen LogP contribution in [0.15, 0.2) is 29.2 Å². The summed E-state index contributed by atoms with van der Waals surface area (Å²) in [7, 11) is -1.76. The molecule has 1 aromatic carbocycles. The van der Waals surface area contributed by atoms with Crippen molar-refractivity contribution in [2.24, 2.45) is 5.73 Å². The number of fused-ring (bicyclic) bond motifs is 1. The molecular formula is C29H39N5O5S2. The van der Waals surface area contributed by atoms with Crippen molar-refractivity contribution < 1.29 is 22.8 Å². The third-order valence-corrected chi connectivity index (χ3v) is 11.7. The van der Waals surface area contributed by atoms with Crippen molar-refractivity contribution in [3.05, 3.63) is 45.8 Å². The van der Waals surface area contributed by atoms with E-state index in [0.717, 1.165) is 81.2 Å². The van der Waals surface area contributed by atoms with Crippen molar-refractivity contribution in [1.82, 2.24) is 14.5 Å². The van der Waals surface area contributed by atoms with Crippen LogP contribution in [-0.4, -0.2) is 61.1 Å². The van der Waals surface area contributed by atoms with Gasteiger partial charge in [0.05, 0.1) is 10.5 Å². The molecule has 0 spiro atoms. The van der Waals surface area contributed by atoms with E-state index in [-0.39, 0.29) is 28.1 Å². The van der Waals surface area contributed by atoms with Gasteiger partial charge in [-0.25, -0.2) is 13.2 Å². The number of thiophene rings is 1. The summed E-state index contributed by atoms with van der Waals surface area (Å²) in [6.07, 6.45) is 10.6. The van der Waals surface area contributed by atoms with Gasteiger partial charge in [0.1, 0.15) is 5.00 Å². The number of amides is 4. The van der Waals surface area contributed by atoms with Crippen LogP contribution in [0, 0.1) is 0 Å². The Hall–Kier alpha value is -2.80. The fraction of sp³-hybridized carbons (Fsp3) is 0.552. The van der Waals surface area contributed by atoms with E-state index in [0.29, 0.717) is 18.0 Å². The standard InChI is InChI=1S/C29H39N5O5S2/c1-33-17-16-23-24(18-33)40-28(25(23)27(36)32-29(30)37)31-26(35)19-12-14-22(15-13-19)41(38,39)34(20-8-4-2-5-9-20)21-10-6-3-7-11-21/h12-15,20-21H,2-11,16-18H2,1H3,(H,31,35)(H3,30,32,36,37). The first-order valence-corrected chi connectivity index (χ1v) is 16.8. The van der Waals surface area contributed by atoms with Gasteiger partial charge in [-0.3, -0.25) is 14.9 Å². The van der Waals surface area contributed by atoms with E-state index in [1.165, 1.54) is 35.6 Å². The smallest absolute Gasteiger partial charge is 0.319 e. The van der Waals surface area contributed by atoms with Crippen LogP contribution in [0.2, 0.25) is 0 Å². The molecule has 1 aliphatic heterocycles. The average molecular weight is 602 g/mol. The lowest BCUT2D eigenvalue weighted by Crippen LogP contribution is -2.48. The van der Waals surface area contributed by atoms with Gasteiger partial charge in [-0.2, -0.15) is 4.31 Å². The Morgan fingerprint density at radius 2 is 1.51 bits per heavy atom. The fourth-order valence-electron chi connectivity index (χ4n) is 6.47. The first kappa shape index (κ1) is 29.7. The number of urea groups is 1. The lowest BCUT2D eigenvalue weighted by atomic mass is 9.91. The zero-order valence-corrected chi connectivity index (χ0v) is 25.1. The normalized spacial score (nSPS) is 19.1. The zero-order chi connectivity index (χ0) is 29.1. The van der Waals surface area contributed by atoms with Gasteiger partial charge in [-0.1, -0.05) is 38.5 Å². The van der Waals surface area contributed by atoms with Crippen molar-refractivity contribution in [1.29, 1.82) is 0 Å². The second-order valence-corrected chi connectivity index (χ2v) is 14.4. The molecule has 41 heavy (non-hydrogen) atoms. The SMILES string of the molecule is CN1CCc2c(sc(NC(=O)c3ccc(S(=O)(=O)N(C4CCCCC4)C4CCCCC4)cc3)c2C(=O)NC(N)=O)C1. The second-order valence-electron chi connectivity index (χ2n) is 11.4. The van der Waals surface area contributed by atoms with Crippen LogP contribution in [-0.2, 0) is 23.0 Å². The number of nitrogens with zero attached hydrogens (tertiary/aromatic N) is 2. The lowest BCUT2D eigenvalue weighted by molar-refractivity contribution is 0.0966. The van der Waals surface area contributed by atoms with Gasteiger partial charge < -0.3 is 16.0 Å². The number of hydrogen-bond donors (Lipinski definition) is 3. The molecule has 2 saturated carbocycles. The highest BCUT2D eigenvalue weighted by Crippen LogP contribution is 2.38. The number of nitrogens with one attached hydrogen (secondary N) is 2. The van der Waals surface area contributed by atoms with Gasteiger partial charge in [-0.15, -0.1) is 11.3 Å². The van der Waals surface area contributed by atoms with Crippen LogP contribution in [0.4, 0.5) is 9.80 Å². The molecule has 10 nitrogen and oxygen atoms in total. The molecule has 0 unspecified atom stereocenters. The van der Waals surface area contributed by atoms with Crippen molar-refractivity contribution in [2.75, 3.05) is 18.9 Å². The van der Waals surface area contributed by atoms with Crippen LogP contribution < -0.4 is 16.4 Å². The fourth-order valence-corrected chi connectivity index (χ4v) is 9.72. The molecule has 2 aromatic rings. The Morgan fingerprint density at radius 1 is 0.927 bits per heavy atom. The van der Waals surface area contributed by atoms with E-state index >= 15 is 0 Å². The summed E-state index contributed by atoms with van der Waals surface area (Å²) < 4.78 is 29.8. The Kier molecular flexibility index (Phi) is 9.12. The number of imide groups is 1. The van der Waals surface area contributed by atoms with E-state index in [2.05, 4.69) is 15.5 Å². The first-order valence-electron chi connectivity index (χ1n) is 14.5. The largest absolute Gasteiger partial charge is 0.351 e. The maximum absolute atomic E-state index is 14.0. The molecule has 4 N–H and O–H groups in total. The van der Waals surface area contributed by atoms with Crippen LogP contribution in [0.25, 0.3) is 0 Å². The number of carbonyl (C=O) groups excluding carboxylic acids is 3.